The van der Waals surface area contributed by atoms with Gasteiger partial charge < -0.3 is 4.42 Å². The fraction of sp³-hybridized carbons (Fsp3) is 0. The number of hydrogen-bond acceptors (Lipinski definition) is 1. The highest BCUT2D eigenvalue weighted by molar-refractivity contribution is 6.28. The molecule has 0 aliphatic heterocycles. The van der Waals surface area contributed by atoms with Gasteiger partial charge in [-0.1, -0.05) is 158 Å². The standard InChI is InChI=1S/C50H30O/c1-2-14-33-28-37(25-24-31(33)12-1)47-42-22-9-7-20-40(42)46(41-21-8-10-23-43(41)47)36-17-11-16-34(29-36)44-30-35-15-4-6-19-39(35)50-49(44)48-38-18-5-3-13-32(38)26-27-45(48)51-50/h1-30H/i30D. The smallest absolute Gasteiger partial charge is 0.143 e. The summed E-state index contributed by atoms with van der Waals surface area (Å²) < 4.78 is 16.5. The Morgan fingerprint density at radius 2 is 0.882 bits per heavy atom. The fourth-order valence-electron chi connectivity index (χ4n) is 8.43. The van der Waals surface area contributed by atoms with Gasteiger partial charge in [0.25, 0.3) is 0 Å². The average Bonchev–Trinajstić information content (AvgIpc) is 3.60. The van der Waals surface area contributed by atoms with Crippen molar-refractivity contribution in [2.75, 3.05) is 0 Å². The molecule has 1 aromatic heterocycles. The quantitative estimate of drug-likeness (QED) is 0.174. The lowest BCUT2D eigenvalue weighted by atomic mass is 9.85. The molecule has 0 radical (unpaired) electrons. The Labute approximate surface area is 296 Å². The maximum Gasteiger partial charge on any atom is 0.143 e. The third-order valence-electron chi connectivity index (χ3n) is 10.7. The van der Waals surface area contributed by atoms with Gasteiger partial charge in [0, 0.05) is 16.2 Å². The number of hydrogen-bond donors (Lipinski definition) is 0. The van der Waals surface area contributed by atoms with Gasteiger partial charge in [0.15, 0.2) is 0 Å². The van der Waals surface area contributed by atoms with Crippen molar-refractivity contribution >= 4 is 75.8 Å². The summed E-state index contributed by atoms with van der Waals surface area (Å²) in [6, 6.07) is 63.2. The topological polar surface area (TPSA) is 13.1 Å². The predicted octanol–water partition coefficient (Wildman–Crippen LogP) is 14.4. The van der Waals surface area contributed by atoms with Gasteiger partial charge in [-0.25, -0.2) is 0 Å². The lowest BCUT2D eigenvalue weighted by Gasteiger charge is -2.18. The van der Waals surface area contributed by atoms with Crippen LogP contribution in [0.25, 0.3) is 109 Å². The molecule has 1 heterocycles. The molecule has 236 valence electrons. The third-order valence-corrected chi connectivity index (χ3v) is 10.7. The predicted molar refractivity (Wildman–Crippen MR) is 218 cm³/mol. The van der Waals surface area contributed by atoms with E-state index in [1.165, 1.54) is 49.0 Å². The fourth-order valence-corrected chi connectivity index (χ4v) is 8.43. The van der Waals surface area contributed by atoms with Crippen molar-refractivity contribution in [1.82, 2.24) is 0 Å². The lowest BCUT2D eigenvalue weighted by Crippen LogP contribution is -1.91. The van der Waals surface area contributed by atoms with Gasteiger partial charge >= 0.3 is 0 Å². The highest BCUT2D eigenvalue weighted by atomic mass is 16.3. The molecule has 10 aromatic carbocycles. The molecule has 0 amide bonds. The summed E-state index contributed by atoms with van der Waals surface area (Å²) in [5.41, 5.74) is 8.34. The highest BCUT2D eigenvalue weighted by Crippen LogP contribution is 2.47. The zero-order valence-corrected chi connectivity index (χ0v) is 27.7. The monoisotopic (exact) mass is 647 g/mol. The zero-order valence-electron chi connectivity index (χ0n) is 28.7. The molecule has 0 aliphatic carbocycles. The van der Waals surface area contributed by atoms with Crippen molar-refractivity contribution < 1.29 is 5.79 Å². The molecule has 0 spiro atoms. The zero-order chi connectivity index (χ0) is 34.3. The van der Waals surface area contributed by atoms with Crippen LogP contribution in [0.5, 0.6) is 0 Å². The minimum atomic E-state index is 0.511. The number of benzene rings is 10. The van der Waals surface area contributed by atoms with Crippen LogP contribution in [-0.2, 0) is 0 Å². The van der Waals surface area contributed by atoms with E-state index in [1.54, 1.807) is 0 Å². The van der Waals surface area contributed by atoms with Crippen molar-refractivity contribution in [2.45, 2.75) is 0 Å². The first kappa shape index (κ1) is 27.2. The van der Waals surface area contributed by atoms with Crippen LogP contribution >= 0.6 is 0 Å². The Balaban J connectivity index is 1.22. The summed E-state index contributed by atoms with van der Waals surface area (Å²) in [4.78, 5) is 0. The molecule has 1 heteroatoms. The molecule has 0 bridgehead atoms. The van der Waals surface area contributed by atoms with Crippen LogP contribution in [0.4, 0.5) is 0 Å². The number of furan rings is 1. The largest absolute Gasteiger partial charge is 0.455 e. The molecule has 1 nitrogen and oxygen atoms in total. The van der Waals surface area contributed by atoms with Crippen LogP contribution in [0.2, 0.25) is 0 Å². The van der Waals surface area contributed by atoms with E-state index >= 15 is 0 Å². The van der Waals surface area contributed by atoms with Gasteiger partial charge in [0.2, 0.25) is 0 Å². The summed E-state index contributed by atoms with van der Waals surface area (Å²) in [5, 5.41) is 13.5. The summed E-state index contributed by atoms with van der Waals surface area (Å²) in [7, 11) is 0. The molecule has 11 rings (SSSR count). The van der Waals surface area contributed by atoms with Crippen molar-refractivity contribution in [3.05, 3.63) is 182 Å². The Morgan fingerprint density at radius 1 is 0.353 bits per heavy atom. The minimum absolute atomic E-state index is 0.511. The second-order valence-electron chi connectivity index (χ2n) is 13.5. The molecule has 0 N–H and O–H groups in total. The summed E-state index contributed by atoms with van der Waals surface area (Å²) >= 11 is 0. The Hall–Kier alpha value is -6.70. The Bertz CT molecular complexity index is 3200. The third kappa shape index (κ3) is 4.22. The van der Waals surface area contributed by atoms with Crippen molar-refractivity contribution in [1.29, 1.82) is 0 Å². The van der Waals surface area contributed by atoms with Crippen molar-refractivity contribution in [2.24, 2.45) is 0 Å². The first-order chi connectivity index (χ1) is 25.7. The van der Waals surface area contributed by atoms with Crippen LogP contribution in [0.15, 0.2) is 186 Å². The van der Waals surface area contributed by atoms with Gasteiger partial charge in [0.1, 0.15) is 11.2 Å². The average molecular weight is 648 g/mol. The number of fused-ring (bicyclic) bond motifs is 10. The van der Waals surface area contributed by atoms with Crippen LogP contribution in [0.3, 0.4) is 0 Å². The van der Waals surface area contributed by atoms with E-state index in [2.05, 4.69) is 158 Å². The van der Waals surface area contributed by atoms with E-state index in [1.807, 2.05) is 18.2 Å². The number of rotatable bonds is 3. The van der Waals surface area contributed by atoms with Gasteiger partial charge in [-0.2, -0.15) is 0 Å². The highest BCUT2D eigenvalue weighted by Gasteiger charge is 2.20. The van der Waals surface area contributed by atoms with E-state index in [0.29, 0.717) is 6.04 Å². The normalized spacial score (nSPS) is 12.2. The molecule has 0 unspecified atom stereocenters. The van der Waals surface area contributed by atoms with E-state index in [0.717, 1.165) is 60.2 Å². The second-order valence-corrected chi connectivity index (χ2v) is 13.5. The molecule has 0 atom stereocenters. The van der Waals surface area contributed by atoms with Crippen LogP contribution in [-0.4, -0.2) is 0 Å². The van der Waals surface area contributed by atoms with Gasteiger partial charge in [-0.15, -0.1) is 0 Å². The summed E-state index contributed by atoms with van der Waals surface area (Å²) in [5.74, 6) is 0. The minimum Gasteiger partial charge on any atom is -0.455 e. The maximum atomic E-state index is 9.76. The van der Waals surface area contributed by atoms with Crippen LogP contribution in [0.1, 0.15) is 1.37 Å². The molecule has 0 fully saturated rings. The molecule has 0 saturated carbocycles. The van der Waals surface area contributed by atoms with Gasteiger partial charge in [0.05, 0.1) is 1.37 Å². The molecular weight excluding hydrogens is 617 g/mol. The SMILES string of the molecule is [2H]c1c(-c2cccc(-c3c4ccccc4c(-c4ccc5ccccc5c4)c4ccccc34)c2)c2c(oc3ccc4ccccc4c32)c2ccccc12. The summed E-state index contributed by atoms with van der Waals surface area (Å²) in [6.45, 7) is 0. The van der Waals surface area contributed by atoms with E-state index in [9.17, 15) is 1.37 Å². The van der Waals surface area contributed by atoms with Crippen LogP contribution < -0.4 is 0 Å². The maximum absolute atomic E-state index is 9.76. The Morgan fingerprint density at radius 3 is 1.59 bits per heavy atom. The van der Waals surface area contributed by atoms with Gasteiger partial charge in [-0.3, -0.25) is 0 Å². The molecule has 0 aliphatic rings. The van der Waals surface area contributed by atoms with Crippen molar-refractivity contribution in [3.8, 4) is 33.4 Å². The first-order valence-electron chi connectivity index (χ1n) is 18.0. The summed E-state index contributed by atoms with van der Waals surface area (Å²) in [6.07, 6.45) is 0. The van der Waals surface area contributed by atoms with E-state index < -0.39 is 0 Å². The van der Waals surface area contributed by atoms with Crippen molar-refractivity contribution in [3.63, 3.8) is 0 Å². The Kier molecular flexibility index (Phi) is 5.81. The van der Waals surface area contributed by atoms with Gasteiger partial charge in [-0.05, 0) is 106 Å². The lowest BCUT2D eigenvalue weighted by molar-refractivity contribution is 0.673. The molecule has 11 aromatic rings. The first-order valence-corrected chi connectivity index (χ1v) is 17.5. The second kappa shape index (κ2) is 10.9. The van der Waals surface area contributed by atoms with E-state index in [-0.39, 0.29) is 0 Å². The molecular formula is C50H30O. The van der Waals surface area contributed by atoms with E-state index in [4.69, 9.17) is 4.42 Å². The van der Waals surface area contributed by atoms with Crippen LogP contribution in [0, 0.1) is 0 Å². The molecule has 51 heavy (non-hydrogen) atoms. The molecule has 0 saturated heterocycles.